The average Bonchev–Trinajstić information content (AvgIpc) is 2.28. The maximum atomic E-state index is 10.7. The Labute approximate surface area is 114 Å². The highest BCUT2D eigenvalue weighted by molar-refractivity contribution is 8.00. The predicted molar refractivity (Wildman–Crippen MR) is 79.0 cm³/mol. The Kier molecular flexibility index (Phi) is 4.05. The summed E-state index contributed by atoms with van der Waals surface area (Å²) in [6.07, 6.45) is 0. The third kappa shape index (κ3) is 3.50. The minimum atomic E-state index is -0.765. The normalized spacial score (nSPS) is 23.6. The lowest BCUT2D eigenvalue weighted by molar-refractivity contribution is 0.0147. The minimum absolute atomic E-state index is 0.297. The van der Waals surface area contributed by atoms with Crippen LogP contribution >= 0.6 is 11.8 Å². The summed E-state index contributed by atoms with van der Waals surface area (Å²) in [6, 6.07) is 9.97. The molecule has 0 saturated carbocycles. The van der Waals surface area contributed by atoms with E-state index in [2.05, 4.69) is 18.7 Å². The number of nitrogens with zero attached hydrogens (tertiary/aromatic N) is 1. The highest BCUT2D eigenvalue weighted by Crippen LogP contribution is 2.31. The first-order valence-corrected chi connectivity index (χ1v) is 7.52. The second-order valence-corrected chi connectivity index (χ2v) is 7.76. The van der Waals surface area contributed by atoms with E-state index in [1.165, 1.54) is 0 Å². The van der Waals surface area contributed by atoms with E-state index in [0.29, 0.717) is 11.3 Å². The molecule has 0 amide bonds. The lowest BCUT2D eigenvalue weighted by atomic mass is 9.95. The summed E-state index contributed by atoms with van der Waals surface area (Å²) in [5, 5.41) is 10.7. The molecule has 1 N–H and O–H groups in total. The molecule has 0 aromatic heterocycles. The second kappa shape index (κ2) is 5.24. The van der Waals surface area contributed by atoms with Crippen molar-refractivity contribution in [3.05, 3.63) is 35.9 Å². The van der Waals surface area contributed by atoms with E-state index >= 15 is 0 Å². The van der Waals surface area contributed by atoms with Crippen LogP contribution in [0.1, 0.15) is 26.3 Å². The van der Waals surface area contributed by atoms with Crippen LogP contribution in [0.15, 0.2) is 30.3 Å². The summed E-state index contributed by atoms with van der Waals surface area (Å²) >= 11 is 2.02. The van der Waals surface area contributed by atoms with E-state index in [4.69, 9.17) is 0 Å². The van der Waals surface area contributed by atoms with Crippen LogP contribution in [0, 0.1) is 0 Å². The van der Waals surface area contributed by atoms with Crippen molar-refractivity contribution in [2.45, 2.75) is 31.1 Å². The number of hydrogen-bond acceptors (Lipinski definition) is 3. The fourth-order valence-corrected chi connectivity index (χ4v) is 3.75. The maximum absolute atomic E-state index is 10.7. The largest absolute Gasteiger partial charge is 0.384 e. The molecule has 1 aliphatic heterocycles. The zero-order valence-corrected chi connectivity index (χ0v) is 12.3. The van der Waals surface area contributed by atoms with Crippen molar-refractivity contribution < 1.29 is 5.11 Å². The molecule has 100 valence electrons. The van der Waals surface area contributed by atoms with Crippen molar-refractivity contribution >= 4 is 11.8 Å². The molecule has 1 aromatic rings. The van der Waals surface area contributed by atoms with E-state index in [1.54, 1.807) is 0 Å². The quantitative estimate of drug-likeness (QED) is 0.909. The molecule has 1 atom stereocenters. The van der Waals surface area contributed by atoms with Crippen molar-refractivity contribution in [1.82, 2.24) is 4.90 Å². The van der Waals surface area contributed by atoms with Gasteiger partial charge < -0.3 is 5.11 Å². The summed E-state index contributed by atoms with van der Waals surface area (Å²) in [5.74, 6) is 1.15. The van der Waals surface area contributed by atoms with Gasteiger partial charge in [-0.15, -0.1) is 0 Å². The molecular formula is C15H23NOS. The van der Waals surface area contributed by atoms with Crippen LogP contribution in [0.4, 0.5) is 0 Å². The number of aliphatic hydroxyl groups is 1. The Hall–Kier alpha value is -0.510. The van der Waals surface area contributed by atoms with Crippen LogP contribution in [0.5, 0.6) is 0 Å². The second-order valence-electron chi connectivity index (χ2n) is 5.96. The fraction of sp³-hybridized carbons (Fsp3) is 0.600. The molecule has 18 heavy (non-hydrogen) atoms. The highest BCUT2D eigenvalue weighted by Gasteiger charge is 2.32. The minimum Gasteiger partial charge on any atom is -0.384 e. The van der Waals surface area contributed by atoms with Crippen LogP contribution < -0.4 is 0 Å². The zero-order chi connectivity index (χ0) is 13.2. The number of β-amino-alcohol motifs (C(OH)–C–C–N with tert-alkyl or cyclic N) is 1. The van der Waals surface area contributed by atoms with Gasteiger partial charge in [-0.25, -0.2) is 0 Å². The first-order chi connectivity index (χ1) is 8.39. The molecule has 1 saturated heterocycles. The van der Waals surface area contributed by atoms with Crippen LogP contribution in [-0.4, -0.2) is 40.1 Å². The van der Waals surface area contributed by atoms with Gasteiger partial charge in [0.2, 0.25) is 0 Å². The molecule has 1 unspecified atom stereocenters. The molecule has 3 heteroatoms. The van der Waals surface area contributed by atoms with Crippen molar-refractivity contribution in [3.63, 3.8) is 0 Å². The zero-order valence-electron chi connectivity index (χ0n) is 11.5. The summed E-state index contributed by atoms with van der Waals surface area (Å²) in [4.78, 5) is 2.38. The lowest BCUT2D eigenvalue weighted by Crippen LogP contribution is -2.48. The van der Waals surface area contributed by atoms with Gasteiger partial charge in [-0.3, -0.25) is 4.90 Å². The van der Waals surface area contributed by atoms with E-state index in [0.717, 1.165) is 24.4 Å². The topological polar surface area (TPSA) is 23.5 Å². The van der Waals surface area contributed by atoms with E-state index < -0.39 is 5.60 Å². The summed E-state index contributed by atoms with van der Waals surface area (Å²) in [7, 11) is 0. The molecule has 1 aromatic carbocycles. The van der Waals surface area contributed by atoms with Crippen molar-refractivity contribution in [1.29, 1.82) is 0 Å². The summed E-state index contributed by atoms with van der Waals surface area (Å²) < 4.78 is 0.297. The maximum Gasteiger partial charge on any atom is 0.0994 e. The van der Waals surface area contributed by atoms with Gasteiger partial charge in [-0.1, -0.05) is 30.3 Å². The van der Waals surface area contributed by atoms with Crippen LogP contribution in [0.2, 0.25) is 0 Å². The van der Waals surface area contributed by atoms with Gasteiger partial charge in [0, 0.05) is 30.1 Å². The van der Waals surface area contributed by atoms with E-state index in [9.17, 15) is 5.11 Å². The predicted octanol–water partition coefficient (Wildman–Crippen LogP) is 2.72. The lowest BCUT2D eigenvalue weighted by Gasteiger charge is -2.40. The van der Waals surface area contributed by atoms with Gasteiger partial charge in [0.1, 0.15) is 0 Å². The van der Waals surface area contributed by atoms with E-state index in [-0.39, 0.29) is 0 Å². The van der Waals surface area contributed by atoms with Gasteiger partial charge in [-0.05, 0) is 26.3 Å². The molecule has 2 nitrogen and oxygen atoms in total. The van der Waals surface area contributed by atoms with E-state index in [1.807, 2.05) is 49.0 Å². The molecule has 0 bridgehead atoms. The summed E-state index contributed by atoms with van der Waals surface area (Å²) in [6.45, 7) is 9.29. The number of hydrogen-bond donors (Lipinski definition) is 1. The smallest absolute Gasteiger partial charge is 0.0994 e. The van der Waals surface area contributed by atoms with Gasteiger partial charge in [0.05, 0.1) is 5.60 Å². The number of thioether (sulfide) groups is 1. The van der Waals surface area contributed by atoms with Crippen LogP contribution in [-0.2, 0) is 5.60 Å². The molecule has 1 aliphatic rings. The molecular weight excluding hydrogens is 242 g/mol. The first kappa shape index (κ1) is 13.9. The first-order valence-electron chi connectivity index (χ1n) is 6.53. The Morgan fingerprint density at radius 3 is 2.61 bits per heavy atom. The molecule has 0 aliphatic carbocycles. The molecule has 1 heterocycles. The highest BCUT2D eigenvalue weighted by atomic mass is 32.2. The van der Waals surface area contributed by atoms with Crippen molar-refractivity contribution in [3.8, 4) is 0 Å². The molecule has 1 fully saturated rings. The fourth-order valence-electron chi connectivity index (χ4n) is 2.57. The van der Waals surface area contributed by atoms with Gasteiger partial charge in [0.25, 0.3) is 0 Å². The van der Waals surface area contributed by atoms with Crippen molar-refractivity contribution in [2.24, 2.45) is 0 Å². The Morgan fingerprint density at radius 1 is 1.33 bits per heavy atom. The third-order valence-electron chi connectivity index (χ3n) is 3.43. The average molecular weight is 265 g/mol. The summed E-state index contributed by atoms with van der Waals surface area (Å²) in [5.41, 5.74) is 0.236. The van der Waals surface area contributed by atoms with Gasteiger partial charge in [0.15, 0.2) is 0 Å². The molecule has 2 rings (SSSR count). The van der Waals surface area contributed by atoms with Gasteiger partial charge >= 0.3 is 0 Å². The molecule has 0 spiro atoms. The third-order valence-corrected chi connectivity index (χ3v) is 4.73. The van der Waals surface area contributed by atoms with Crippen LogP contribution in [0.3, 0.4) is 0 Å². The van der Waals surface area contributed by atoms with Gasteiger partial charge in [-0.2, -0.15) is 11.8 Å². The molecule has 0 radical (unpaired) electrons. The monoisotopic (exact) mass is 265 g/mol. The Morgan fingerprint density at radius 2 is 2.00 bits per heavy atom. The number of benzene rings is 1. The van der Waals surface area contributed by atoms with Crippen molar-refractivity contribution in [2.75, 3.05) is 25.4 Å². The number of rotatable bonds is 3. The SMILES string of the molecule is CC1(C)CN(CC(C)(O)c2ccccc2)CCS1. The van der Waals surface area contributed by atoms with Crippen LogP contribution in [0.25, 0.3) is 0 Å². The Bertz CT molecular complexity index is 389. The standard InChI is InChI=1S/C15H23NOS/c1-14(2)11-16(9-10-18-14)12-15(3,17)13-7-5-4-6-8-13/h4-8,17H,9-12H2,1-3H3. The Balaban J connectivity index is 2.04.